The van der Waals surface area contributed by atoms with E-state index in [4.69, 9.17) is 23.2 Å². The first-order chi connectivity index (χ1) is 10.5. The van der Waals surface area contributed by atoms with Gasteiger partial charge in [0.15, 0.2) is 0 Å². The Morgan fingerprint density at radius 3 is 2.68 bits per heavy atom. The van der Waals surface area contributed by atoms with Crippen LogP contribution >= 0.6 is 23.2 Å². The number of hydrogen-bond acceptors (Lipinski definition) is 2. The second kappa shape index (κ2) is 5.99. The summed E-state index contributed by atoms with van der Waals surface area (Å²) in [7, 11) is 0. The Kier molecular flexibility index (Phi) is 4.05. The van der Waals surface area contributed by atoms with Crippen molar-refractivity contribution in [3.63, 3.8) is 0 Å². The van der Waals surface area contributed by atoms with Gasteiger partial charge in [0.05, 0.1) is 16.0 Å². The summed E-state index contributed by atoms with van der Waals surface area (Å²) in [6.45, 7) is 0. The van der Waals surface area contributed by atoms with Crippen LogP contribution in [-0.2, 0) is 9.59 Å². The van der Waals surface area contributed by atoms with Gasteiger partial charge in [-0.2, -0.15) is 0 Å². The zero-order chi connectivity index (χ0) is 15.7. The molecule has 0 aromatic heterocycles. The van der Waals surface area contributed by atoms with Crippen molar-refractivity contribution in [1.82, 2.24) is 0 Å². The van der Waals surface area contributed by atoms with E-state index in [1.165, 1.54) is 0 Å². The first-order valence-electron chi connectivity index (χ1n) is 6.69. The lowest BCUT2D eigenvalue weighted by molar-refractivity contribution is -0.122. The van der Waals surface area contributed by atoms with Crippen LogP contribution in [0.2, 0.25) is 10.0 Å². The lowest BCUT2D eigenvalue weighted by atomic mass is 9.97. The second-order valence-electron chi connectivity index (χ2n) is 5.01. The van der Waals surface area contributed by atoms with Gasteiger partial charge in [-0.15, -0.1) is 0 Å². The third-order valence-electron chi connectivity index (χ3n) is 3.50. The fourth-order valence-corrected chi connectivity index (χ4v) is 2.75. The Morgan fingerprint density at radius 2 is 1.91 bits per heavy atom. The number of para-hydroxylation sites is 1. The molecule has 0 saturated carbocycles. The van der Waals surface area contributed by atoms with Gasteiger partial charge in [-0.1, -0.05) is 41.4 Å². The third-order valence-corrected chi connectivity index (χ3v) is 4.24. The quantitative estimate of drug-likeness (QED) is 0.889. The molecular formula is C16H12Cl2N2O2. The van der Waals surface area contributed by atoms with Crippen LogP contribution in [0.3, 0.4) is 0 Å². The molecule has 2 amide bonds. The van der Waals surface area contributed by atoms with E-state index in [-0.39, 0.29) is 18.2 Å². The Balaban J connectivity index is 1.72. The van der Waals surface area contributed by atoms with E-state index < -0.39 is 5.92 Å². The minimum atomic E-state index is -0.473. The maximum Gasteiger partial charge on any atom is 0.232 e. The molecule has 3 rings (SSSR count). The van der Waals surface area contributed by atoms with Crippen LogP contribution in [0.5, 0.6) is 0 Å². The van der Waals surface area contributed by atoms with Crippen molar-refractivity contribution in [2.24, 2.45) is 0 Å². The van der Waals surface area contributed by atoms with E-state index in [9.17, 15) is 9.59 Å². The molecule has 2 aromatic carbocycles. The molecule has 1 aliphatic heterocycles. The summed E-state index contributed by atoms with van der Waals surface area (Å²) in [6.07, 6.45) is 0.0725. The number of amides is 2. The number of carbonyl (C=O) groups is 2. The minimum Gasteiger partial charge on any atom is -0.326 e. The zero-order valence-electron chi connectivity index (χ0n) is 11.4. The summed E-state index contributed by atoms with van der Waals surface area (Å²) in [5.74, 6) is -0.889. The Bertz CT molecular complexity index is 762. The molecule has 0 radical (unpaired) electrons. The van der Waals surface area contributed by atoms with E-state index in [1.807, 2.05) is 24.3 Å². The van der Waals surface area contributed by atoms with E-state index >= 15 is 0 Å². The molecule has 0 fully saturated rings. The van der Waals surface area contributed by atoms with E-state index in [0.29, 0.717) is 15.7 Å². The fraction of sp³-hybridized carbons (Fsp3) is 0.125. The number of anilines is 2. The summed E-state index contributed by atoms with van der Waals surface area (Å²) in [5.41, 5.74) is 2.16. The molecule has 1 heterocycles. The summed E-state index contributed by atoms with van der Waals surface area (Å²) in [4.78, 5) is 24.1. The number of halogens is 2. The van der Waals surface area contributed by atoms with E-state index in [0.717, 1.165) is 11.3 Å². The Morgan fingerprint density at radius 1 is 1.14 bits per heavy atom. The molecule has 1 unspecified atom stereocenters. The topological polar surface area (TPSA) is 58.2 Å². The van der Waals surface area contributed by atoms with Gasteiger partial charge >= 0.3 is 0 Å². The summed E-state index contributed by atoms with van der Waals surface area (Å²) in [5, 5.41) is 6.29. The average Bonchev–Trinajstić information content (AvgIpc) is 2.79. The average molecular weight is 335 g/mol. The Labute approximate surface area is 137 Å². The predicted molar refractivity (Wildman–Crippen MR) is 87.5 cm³/mol. The zero-order valence-corrected chi connectivity index (χ0v) is 12.9. The standard InChI is InChI=1S/C16H12Cl2N2O2/c17-12-6-5-9(7-13(12)18)19-15(21)8-11-10-3-1-2-4-14(10)20-16(11)22/h1-7,11H,8H2,(H,19,21)(H,20,22). The molecule has 6 heteroatoms. The molecule has 0 spiro atoms. The van der Waals surface area contributed by atoms with Gasteiger partial charge in [-0.05, 0) is 29.8 Å². The van der Waals surface area contributed by atoms with E-state index in [1.54, 1.807) is 18.2 Å². The normalized spacial score (nSPS) is 16.1. The molecule has 1 atom stereocenters. The maximum atomic E-state index is 12.2. The van der Waals surface area contributed by atoms with Crippen LogP contribution in [0.4, 0.5) is 11.4 Å². The van der Waals surface area contributed by atoms with Crippen LogP contribution in [-0.4, -0.2) is 11.8 Å². The predicted octanol–water partition coefficient (Wildman–Crippen LogP) is 4.06. The van der Waals surface area contributed by atoms with Gasteiger partial charge < -0.3 is 10.6 Å². The molecule has 2 aromatic rings. The number of carbonyl (C=O) groups excluding carboxylic acids is 2. The van der Waals surface area contributed by atoms with Crippen molar-refractivity contribution in [3.05, 3.63) is 58.1 Å². The Hall–Kier alpha value is -2.04. The van der Waals surface area contributed by atoms with Crippen molar-refractivity contribution in [3.8, 4) is 0 Å². The van der Waals surface area contributed by atoms with Crippen LogP contribution < -0.4 is 10.6 Å². The largest absolute Gasteiger partial charge is 0.326 e. The third kappa shape index (κ3) is 2.93. The molecule has 1 aliphatic rings. The highest BCUT2D eigenvalue weighted by atomic mass is 35.5. The lowest BCUT2D eigenvalue weighted by Crippen LogP contribution is -2.20. The molecule has 4 nitrogen and oxygen atoms in total. The number of hydrogen-bond donors (Lipinski definition) is 2. The van der Waals surface area contributed by atoms with Gasteiger partial charge in [0.2, 0.25) is 11.8 Å². The van der Waals surface area contributed by atoms with E-state index in [2.05, 4.69) is 10.6 Å². The van der Waals surface area contributed by atoms with Crippen molar-refractivity contribution < 1.29 is 9.59 Å². The summed E-state index contributed by atoms with van der Waals surface area (Å²) in [6, 6.07) is 12.2. The smallest absolute Gasteiger partial charge is 0.232 e. The van der Waals surface area contributed by atoms with Gasteiger partial charge in [0, 0.05) is 17.8 Å². The monoisotopic (exact) mass is 334 g/mol. The highest BCUT2D eigenvalue weighted by Crippen LogP contribution is 2.34. The van der Waals surface area contributed by atoms with Crippen LogP contribution in [0.1, 0.15) is 17.9 Å². The van der Waals surface area contributed by atoms with Crippen molar-refractivity contribution in [2.45, 2.75) is 12.3 Å². The first kappa shape index (κ1) is 14.9. The van der Waals surface area contributed by atoms with Crippen molar-refractivity contribution >= 4 is 46.4 Å². The highest BCUT2D eigenvalue weighted by molar-refractivity contribution is 6.42. The van der Waals surface area contributed by atoms with Crippen molar-refractivity contribution in [1.29, 1.82) is 0 Å². The molecule has 0 aliphatic carbocycles. The highest BCUT2D eigenvalue weighted by Gasteiger charge is 2.31. The number of benzene rings is 2. The van der Waals surface area contributed by atoms with Gasteiger partial charge in [-0.3, -0.25) is 9.59 Å². The first-order valence-corrected chi connectivity index (χ1v) is 7.45. The number of nitrogens with one attached hydrogen (secondary N) is 2. The molecule has 0 bridgehead atoms. The van der Waals surface area contributed by atoms with Crippen LogP contribution in [0.25, 0.3) is 0 Å². The minimum absolute atomic E-state index is 0.0725. The fourth-order valence-electron chi connectivity index (χ4n) is 2.45. The SMILES string of the molecule is O=C(CC1C(=O)Nc2ccccc21)Nc1ccc(Cl)c(Cl)c1. The lowest BCUT2D eigenvalue weighted by Gasteiger charge is -2.10. The molecule has 2 N–H and O–H groups in total. The number of rotatable bonds is 3. The molecule has 112 valence electrons. The second-order valence-corrected chi connectivity index (χ2v) is 5.82. The van der Waals surface area contributed by atoms with Gasteiger partial charge in [0.25, 0.3) is 0 Å². The maximum absolute atomic E-state index is 12.2. The van der Waals surface area contributed by atoms with Gasteiger partial charge in [-0.25, -0.2) is 0 Å². The number of fused-ring (bicyclic) bond motifs is 1. The van der Waals surface area contributed by atoms with Crippen LogP contribution in [0.15, 0.2) is 42.5 Å². The molecular weight excluding hydrogens is 323 g/mol. The molecule has 22 heavy (non-hydrogen) atoms. The van der Waals surface area contributed by atoms with Gasteiger partial charge in [0.1, 0.15) is 0 Å². The van der Waals surface area contributed by atoms with Crippen molar-refractivity contribution in [2.75, 3.05) is 10.6 Å². The summed E-state index contributed by atoms with van der Waals surface area (Å²) < 4.78 is 0. The van der Waals surface area contributed by atoms with Crippen LogP contribution in [0, 0.1) is 0 Å². The summed E-state index contributed by atoms with van der Waals surface area (Å²) >= 11 is 11.7. The molecule has 0 saturated heterocycles.